The molecule has 1 amide bonds. The van der Waals surface area contributed by atoms with Gasteiger partial charge in [-0.2, -0.15) is 0 Å². The number of fused-ring (bicyclic) bond motifs is 1. The molecule has 0 saturated carbocycles. The Morgan fingerprint density at radius 3 is 2.38 bits per heavy atom. The summed E-state index contributed by atoms with van der Waals surface area (Å²) < 4.78 is 34.2. The van der Waals surface area contributed by atoms with Crippen molar-refractivity contribution in [3.8, 4) is 5.75 Å². The maximum absolute atomic E-state index is 14.1. The first-order valence-corrected chi connectivity index (χ1v) is 12.1. The predicted molar refractivity (Wildman–Crippen MR) is 140 cm³/mol. The van der Waals surface area contributed by atoms with Crippen LogP contribution >= 0.6 is 12.4 Å². The predicted octanol–water partition coefficient (Wildman–Crippen LogP) is 5.96. The molecule has 0 atom stereocenters. The molecule has 1 saturated heterocycles. The molecule has 0 spiro atoms. The number of benzene rings is 2. The Kier molecular flexibility index (Phi) is 8.03. The molecule has 0 bridgehead atoms. The van der Waals surface area contributed by atoms with Crippen molar-refractivity contribution in [2.45, 2.75) is 26.2 Å². The van der Waals surface area contributed by atoms with Gasteiger partial charge in [-0.25, -0.2) is 8.78 Å². The molecule has 1 fully saturated rings. The first kappa shape index (κ1) is 26.5. The van der Waals surface area contributed by atoms with Crippen LogP contribution in [0.15, 0.2) is 60.9 Å². The largest absolute Gasteiger partial charge is 0.494 e. The molecule has 5 rings (SSSR count). The highest BCUT2D eigenvalue weighted by atomic mass is 35.5. The second-order valence-electron chi connectivity index (χ2n) is 9.27. The molecule has 192 valence electrons. The van der Waals surface area contributed by atoms with Crippen molar-refractivity contribution in [1.82, 2.24) is 9.88 Å². The Morgan fingerprint density at radius 2 is 1.73 bits per heavy atom. The fourth-order valence-electron chi connectivity index (χ4n) is 5.07. The summed E-state index contributed by atoms with van der Waals surface area (Å²) in [5.74, 6) is -0.478. The Bertz CT molecular complexity index is 1330. The maximum atomic E-state index is 14.1. The zero-order valence-corrected chi connectivity index (χ0v) is 21.2. The minimum atomic E-state index is -0.710. The number of piperidine rings is 1. The molecule has 0 unspecified atom stereocenters. The van der Waals surface area contributed by atoms with Gasteiger partial charge >= 0.3 is 0 Å². The van der Waals surface area contributed by atoms with Gasteiger partial charge in [0.05, 0.1) is 6.61 Å². The van der Waals surface area contributed by atoms with Gasteiger partial charge in [0.2, 0.25) is 5.91 Å². The second kappa shape index (κ2) is 11.2. The van der Waals surface area contributed by atoms with E-state index in [4.69, 9.17) is 4.74 Å². The van der Waals surface area contributed by atoms with Gasteiger partial charge in [-0.15, -0.1) is 12.4 Å². The van der Waals surface area contributed by atoms with Crippen LogP contribution in [-0.4, -0.2) is 41.3 Å². The molecule has 1 aromatic heterocycles. The van der Waals surface area contributed by atoms with Crippen molar-refractivity contribution in [1.29, 1.82) is 0 Å². The Labute approximate surface area is 220 Å². The lowest BCUT2D eigenvalue weighted by molar-refractivity contribution is -0.130. The molecular formula is C29H27ClF2N2O3. The summed E-state index contributed by atoms with van der Waals surface area (Å²) in [6, 6.07) is 12.0. The fraction of sp³-hybridized carbons (Fsp3) is 0.276. The van der Waals surface area contributed by atoms with E-state index in [1.165, 1.54) is 12.1 Å². The summed E-state index contributed by atoms with van der Waals surface area (Å²) in [4.78, 5) is 31.1. The Balaban J connectivity index is 0.00000320. The summed E-state index contributed by atoms with van der Waals surface area (Å²) in [6.45, 7) is 3.66. The van der Waals surface area contributed by atoms with E-state index in [1.54, 1.807) is 49.6 Å². The number of nitrogens with zero attached hydrogens (tertiary/aromatic N) is 2. The average Bonchev–Trinajstić information content (AvgIpc) is 3.16. The minimum absolute atomic E-state index is 0. The zero-order valence-electron chi connectivity index (χ0n) is 20.4. The van der Waals surface area contributed by atoms with Crippen molar-refractivity contribution in [3.63, 3.8) is 0 Å². The van der Waals surface area contributed by atoms with Gasteiger partial charge in [0.1, 0.15) is 17.4 Å². The number of carbonyl (C=O) groups excluding carboxylic acids is 2. The van der Waals surface area contributed by atoms with Crippen molar-refractivity contribution >= 4 is 35.2 Å². The van der Waals surface area contributed by atoms with Crippen LogP contribution < -0.4 is 4.74 Å². The highest BCUT2D eigenvalue weighted by Gasteiger charge is 2.32. The Hall–Kier alpha value is -3.58. The van der Waals surface area contributed by atoms with Gasteiger partial charge in [0, 0.05) is 60.7 Å². The van der Waals surface area contributed by atoms with Crippen LogP contribution in [-0.2, 0) is 4.79 Å². The number of Topliss-reactive ketones (excluding diaryl/α,β-unsaturated/α-hetero) is 1. The smallest absolute Gasteiger partial charge is 0.219 e. The molecule has 0 N–H and O–H groups in total. The van der Waals surface area contributed by atoms with Crippen molar-refractivity contribution in [2.75, 3.05) is 19.7 Å². The van der Waals surface area contributed by atoms with Gasteiger partial charge in [0.15, 0.2) is 5.78 Å². The molecule has 3 aromatic rings. The number of rotatable bonds is 6. The van der Waals surface area contributed by atoms with Crippen LogP contribution in [0.3, 0.4) is 0 Å². The van der Waals surface area contributed by atoms with E-state index in [-0.39, 0.29) is 24.1 Å². The normalized spacial score (nSPS) is 15.4. The molecule has 2 aliphatic rings. The number of hydrogen-bond donors (Lipinski definition) is 0. The third-order valence-electron chi connectivity index (χ3n) is 6.94. The Morgan fingerprint density at radius 1 is 1.00 bits per heavy atom. The number of ketones is 1. The second-order valence-corrected chi connectivity index (χ2v) is 9.27. The van der Waals surface area contributed by atoms with Crippen LogP contribution in [0.5, 0.6) is 5.75 Å². The third kappa shape index (κ3) is 5.57. The van der Waals surface area contributed by atoms with E-state index in [2.05, 4.69) is 4.98 Å². The van der Waals surface area contributed by atoms with E-state index in [1.807, 2.05) is 4.90 Å². The maximum Gasteiger partial charge on any atom is 0.219 e. The zero-order chi connectivity index (χ0) is 25.2. The van der Waals surface area contributed by atoms with E-state index in [0.29, 0.717) is 51.7 Å². The van der Waals surface area contributed by atoms with Crippen LogP contribution in [0.4, 0.5) is 8.78 Å². The molecule has 1 aliphatic carbocycles. The molecule has 1 aliphatic heterocycles. The fourth-order valence-corrected chi connectivity index (χ4v) is 5.07. The summed E-state index contributed by atoms with van der Waals surface area (Å²) in [5.41, 5.74) is 2.75. The van der Waals surface area contributed by atoms with E-state index in [0.717, 1.165) is 38.4 Å². The molecule has 2 heterocycles. The minimum Gasteiger partial charge on any atom is -0.494 e. The molecule has 0 radical (unpaired) electrons. The SMILES string of the molecule is CC(=O)N1CCC(CCOc2ccc3c(c2)C(=O)C(c2cccnc2)=C3c2cc(F)cc(F)c2)CC1.Cl. The first-order chi connectivity index (χ1) is 17.4. The molecule has 2 aromatic carbocycles. The lowest BCUT2D eigenvalue weighted by atomic mass is 9.94. The van der Waals surface area contributed by atoms with E-state index in [9.17, 15) is 18.4 Å². The first-order valence-electron chi connectivity index (χ1n) is 12.1. The summed E-state index contributed by atoms with van der Waals surface area (Å²) in [6.07, 6.45) is 5.95. The number of amides is 1. The summed E-state index contributed by atoms with van der Waals surface area (Å²) in [7, 11) is 0. The topological polar surface area (TPSA) is 59.5 Å². The van der Waals surface area contributed by atoms with Crippen LogP contribution in [0.25, 0.3) is 11.1 Å². The van der Waals surface area contributed by atoms with Crippen molar-refractivity contribution < 1.29 is 23.1 Å². The van der Waals surface area contributed by atoms with Crippen molar-refractivity contribution in [2.24, 2.45) is 5.92 Å². The highest BCUT2D eigenvalue weighted by molar-refractivity contribution is 6.41. The standard InChI is InChI=1S/C29H26F2N2O3.ClH/c1-18(34)33-10-6-19(7-11-33)8-12-36-24-4-5-25-26(16-24)29(35)28(20-3-2-9-32-17-20)27(25)21-13-22(30)15-23(31)14-21;/h2-5,9,13-17,19H,6-8,10-12H2,1H3;1H. The quantitative estimate of drug-likeness (QED) is 0.399. The van der Waals surface area contributed by atoms with Gasteiger partial charge in [-0.05, 0) is 72.7 Å². The molecular weight excluding hydrogens is 498 g/mol. The third-order valence-corrected chi connectivity index (χ3v) is 6.94. The number of halogens is 3. The number of ether oxygens (including phenoxy) is 1. The summed E-state index contributed by atoms with van der Waals surface area (Å²) >= 11 is 0. The molecule has 5 nitrogen and oxygen atoms in total. The number of likely N-dealkylation sites (tertiary alicyclic amines) is 1. The van der Waals surface area contributed by atoms with Crippen LogP contribution in [0.1, 0.15) is 53.2 Å². The summed E-state index contributed by atoms with van der Waals surface area (Å²) in [5, 5.41) is 0. The monoisotopic (exact) mass is 524 g/mol. The number of carbonyl (C=O) groups is 2. The number of hydrogen-bond acceptors (Lipinski definition) is 4. The van der Waals surface area contributed by atoms with E-state index >= 15 is 0 Å². The number of pyridine rings is 1. The lowest BCUT2D eigenvalue weighted by Crippen LogP contribution is -2.37. The molecule has 37 heavy (non-hydrogen) atoms. The van der Waals surface area contributed by atoms with Gasteiger partial charge in [-0.3, -0.25) is 14.6 Å². The van der Waals surface area contributed by atoms with E-state index < -0.39 is 11.6 Å². The highest BCUT2D eigenvalue weighted by Crippen LogP contribution is 2.43. The lowest BCUT2D eigenvalue weighted by Gasteiger charge is -2.31. The van der Waals surface area contributed by atoms with Gasteiger partial charge < -0.3 is 9.64 Å². The van der Waals surface area contributed by atoms with Crippen molar-refractivity contribution in [3.05, 3.63) is 94.8 Å². The van der Waals surface area contributed by atoms with Crippen LogP contribution in [0, 0.1) is 17.6 Å². The average molecular weight is 525 g/mol. The molecule has 8 heteroatoms. The number of aromatic nitrogens is 1. The van der Waals surface area contributed by atoms with Crippen LogP contribution in [0.2, 0.25) is 0 Å². The van der Waals surface area contributed by atoms with Gasteiger partial charge in [-0.1, -0.05) is 6.07 Å². The number of allylic oxidation sites excluding steroid dienone is 1. The van der Waals surface area contributed by atoms with Gasteiger partial charge in [0.25, 0.3) is 0 Å².